The molecule has 0 amide bonds. The molecule has 1 aromatic heterocycles. The maximum atomic E-state index is 12.4. The van der Waals surface area contributed by atoms with Crippen LogP contribution in [0.25, 0.3) is 0 Å². The van der Waals surface area contributed by atoms with Crippen LogP contribution in [0.4, 0.5) is 0 Å². The van der Waals surface area contributed by atoms with Gasteiger partial charge in [-0.25, -0.2) is 13.1 Å². The van der Waals surface area contributed by atoms with E-state index in [-0.39, 0.29) is 0 Å². The molecule has 0 atom stereocenters. The number of hydrogen-bond donors (Lipinski definition) is 2. The molecule has 21 heavy (non-hydrogen) atoms. The molecule has 0 aromatic carbocycles. The summed E-state index contributed by atoms with van der Waals surface area (Å²) in [5, 5.41) is 7.65. The van der Waals surface area contributed by atoms with Gasteiger partial charge in [0.15, 0.2) is 0 Å². The van der Waals surface area contributed by atoms with Gasteiger partial charge in [-0.05, 0) is 33.2 Å². The van der Waals surface area contributed by atoms with Crippen molar-refractivity contribution in [2.24, 2.45) is 0 Å². The summed E-state index contributed by atoms with van der Waals surface area (Å²) in [5.74, 6) is 0. The maximum Gasteiger partial charge on any atom is 0.244 e. The minimum absolute atomic E-state index is 0.328. The predicted octanol–water partition coefficient (Wildman–Crippen LogP) is 1.58. The molecule has 122 valence electrons. The Balaban J connectivity index is 2.81. The molecule has 6 nitrogen and oxygen atoms in total. The van der Waals surface area contributed by atoms with E-state index in [0.29, 0.717) is 29.4 Å². The zero-order valence-corrected chi connectivity index (χ0v) is 14.4. The van der Waals surface area contributed by atoms with Crippen molar-refractivity contribution in [2.75, 3.05) is 19.6 Å². The van der Waals surface area contributed by atoms with Gasteiger partial charge < -0.3 is 5.32 Å². The van der Waals surface area contributed by atoms with Crippen molar-refractivity contribution >= 4 is 10.0 Å². The highest BCUT2D eigenvalue weighted by molar-refractivity contribution is 7.89. The lowest BCUT2D eigenvalue weighted by atomic mass is 10.3. The molecule has 0 aliphatic heterocycles. The van der Waals surface area contributed by atoms with Crippen molar-refractivity contribution in [1.82, 2.24) is 19.8 Å². The van der Waals surface area contributed by atoms with Crippen molar-refractivity contribution in [3.8, 4) is 0 Å². The second kappa shape index (κ2) is 8.51. The van der Waals surface area contributed by atoms with Gasteiger partial charge in [-0.15, -0.1) is 0 Å². The first-order chi connectivity index (χ1) is 9.94. The van der Waals surface area contributed by atoms with Crippen LogP contribution in [0.5, 0.6) is 0 Å². The lowest BCUT2D eigenvalue weighted by molar-refractivity contribution is 0.539. The fourth-order valence-corrected chi connectivity index (χ4v) is 3.71. The van der Waals surface area contributed by atoms with Gasteiger partial charge in [0.2, 0.25) is 10.0 Å². The summed E-state index contributed by atoms with van der Waals surface area (Å²) >= 11 is 0. The van der Waals surface area contributed by atoms with Crippen LogP contribution in [-0.4, -0.2) is 37.8 Å². The lowest BCUT2D eigenvalue weighted by Gasteiger charge is -2.08. The predicted molar refractivity (Wildman–Crippen MR) is 85.0 cm³/mol. The average Bonchev–Trinajstić information content (AvgIpc) is 2.70. The highest BCUT2D eigenvalue weighted by Crippen LogP contribution is 2.19. The fourth-order valence-electron chi connectivity index (χ4n) is 2.23. The number of hydrogen-bond acceptors (Lipinski definition) is 4. The smallest absolute Gasteiger partial charge is 0.244 e. The van der Waals surface area contributed by atoms with E-state index in [2.05, 4.69) is 22.1 Å². The molecular weight excluding hydrogens is 288 g/mol. The third-order valence-corrected chi connectivity index (χ3v) is 5.05. The van der Waals surface area contributed by atoms with Crippen LogP contribution in [0.2, 0.25) is 0 Å². The Kier molecular flexibility index (Phi) is 7.34. The normalized spacial score (nSPS) is 12.0. The molecule has 1 aromatic rings. The molecule has 7 heteroatoms. The minimum atomic E-state index is -3.46. The number of nitrogens with zero attached hydrogens (tertiary/aromatic N) is 2. The van der Waals surface area contributed by atoms with Crippen LogP contribution in [0, 0.1) is 13.8 Å². The SMILES string of the molecule is CCCCNS(=O)(=O)c1c(C)nn(CCNCCC)c1C. The molecule has 0 saturated carbocycles. The van der Waals surface area contributed by atoms with Gasteiger partial charge in [0.25, 0.3) is 0 Å². The molecule has 0 saturated heterocycles. The Hall–Kier alpha value is -0.920. The molecule has 1 heterocycles. The zero-order chi connectivity index (χ0) is 15.9. The summed E-state index contributed by atoms with van der Waals surface area (Å²) in [6, 6.07) is 0. The van der Waals surface area contributed by atoms with Crippen LogP contribution in [0.3, 0.4) is 0 Å². The number of sulfonamides is 1. The summed E-state index contributed by atoms with van der Waals surface area (Å²) in [6.45, 7) is 10.6. The van der Waals surface area contributed by atoms with Gasteiger partial charge in [-0.2, -0.15) is 5.10 Å². The van der Waals surface area contributed by atoms with Gasteiger partial charge in [-0.3, -0.25) is 4.68 Å². The number of rotatable bonds is 10. The largest absolute Gasteiger partial charge is 0.315 e. The topological polar surface area (TPSA) is 76.0 Å². The highest BCUT2D eigenvalue weighted by atomic mass is 32.2. The molecule has 0 fully saturated rings. The minimum Gasteiger partial charge on any atom is -0.315 e. The molecule has 2 N–H and O–H groups in total. The van der Waals surface area contributed by atoms with Gasteiger partial charge >= 0.3 is 0 Å². The maximum absolute atomic E-state index is 12.4. The second-order valence-corrected chi connectivity index (χ2v) is 6.93. The van der Waals surface area contributed by atoms with E-state index in [1.807, 2.05) is 13.8 Å². The van der Waals surface area contributed by atoms with Crippen molar-refractivity contribution < 1.29 is 8.42 Å². The average molecular weight is 316 g/mol. The molecule has 0 aliphatic carbocycles. The summed E-state index contributed by atoms with van der Waals surface area (Å²) < 4.78 is 29.1. The quantitative estimate of drug-likeness (QED) is 0.643. The Morgan fingerprint density at radius 1 is 1.10 bits per heavy atom. The van der Waals surface area contributed by atoms with E-state index in [0.717, 1.165) is 32.4 Å². The Morgan fingerprint density at radius 3 is 2.43 bits per heavy atom. The van der Waals surface area contributed by atoms with Crippen molar-refractivity contribution in [3.05, 3.63) is 11.4 Å². The first kappa shape index (κ1) is 18.1. The fraction of sp³-hybridized carbons (Fsp3) is 0.786. The van der Waals surface area contributed by atoms with E-state index >= 15 is 0 Å². The van der Waals surface area contributed by atoms with E-state index in [1.54, 1.807) is 11.6 Å². The van der Waals surface area contributed by atoms with Gasteiger partial charge in [0.1, 0.15) is 4.90 Å². The van der Waals surface area contributed by atoms with Crippen molar-refractivity contribution in [1.29, 1.82) is 0 Å². The molecular formula is C14H28N4O2S. The van der Waals surface area contributed by atoms with Crippen molar-refractivity contribution in [3.63, 3.8) is 0 Å². The van der Waals surface area contributed by atoms with Crippen molar-refractivity contribution in [2.45, 2.75) is 58.4 Å². The molecule has 0 spiro atoms. The lowest BCUT2D eigenvalue weighted by Crippen LogP contribution is -2.26. The highest BCUT2D eigenvalue weighted by Gasteiger charge is 2.23. The van der Waals surface area contributed by atoms with Crippen LogP contribution in [-0.2, 0) is 16.6 Å². The summed E-state index contributed by atoms with van der Waals surface area (Å²) in [5.41, 5.74) is 1.27. The Labute approximate surface area is 128 Å². The standard InChI is InChI=1S/C14H28N4O2S/c1-5-7-9-16-21(19,20)14-12(3)17-18(13(14)4)11-10-15-8-6-2/h15-16H,5-11H2,1-4H3. The molecule has 0 radical (unpaired) electrons. The molecule has 0 unspecified atom stereocenters. The number of aryl methyl sites for hydroxylation is 1. The van der Waals surface area contributed by atoms with E-state index in [1.165, 1.54) is 0 Å². The zero-order valence-electron chi connectivity index (χ0n) is 13.6. The third-order valence-electron chi connectivity index (χ3n) is 3.33. The molecule has 0 aliphatic rings. The van der Waals surface area contributed by atoms with Crippen LogP contribution >= 0.6 is 0 Å². The summed E-state index contributed by atoms with van der Waals surface area (Å²) in [7, 11) is -3.46. The first-order valence-electron chi connectivity index (χ1n) is 7.68. The Bertz CT molecular complexity index is 537. The van der Waals surface area contributed by atoms with Crippen LogP contribution < -0.4 is 10.0 Å². The molecule has 0 bridgehead atoms. The summed E-state index contributed by atoms with van der Waals surface area (Å²) in [6.07, 6.45) is 2.88. The third kappa shape index (κ3) is 5.09. The Morgan fingerprint density at radius 2 is 1.81 bits per heavy atom. The van der Waals surface area contributed by atoms with Gasteiger partial charge in [-0.1, -0.05) is 20.3 Å². The van der Waals surface area contributed by atoms with E-state index in [9.17, 15) is 8.42 Å². The van der Waals surface area contributed by atoms with Crippen LogP contribution in [0.1, 0.15) is 44.5 Å². The van der Waals surface area contributed by atoms with Gasteiger partial charge in [0.05, 0.1) is 17.9 Å². The first-order valence-corrected chi connectivity index (χ1v) is 9.16. The van der Waals surface area contributed by atoms with Crippen LogP contribution in [0.15, 0.2) is 4.90 Å². The van der Waals surface area contributed by atoms with E-state index in [4.69, 9.17) is 0 Å². The molecule has 1 rings (SSSR count). The second-order valence-electron chi connectivity index (χ2n) is 5.22. The number of unbranched alkanes of at least 4 members (excludes halogenated alkanes) is 1. The monoisotopic (exact) mass is 316 g/mol. The number of nitrogens with one attached hydrogen (secondary N) is 2. The van der Waals surface area contributed by atoms with Gasteiger partial charge in [0, 0.05) is 13.1 Å². The van der Waals surface area contributed by atoms with E-state index < -0.39 is 10.0 Å². The summed E-state index contributed by atoms with van der Waals surface area (Å²) in [4.78, 5) is 0.328. The number of aromatic nitrogens is 2.